The molecule has 0 saturated carbocycles. The van der Waals surface area contributed by atoms with Crippen molar-refractivity contribution in [1.82, 2.24) is 4.44 Å². The molecule has 1 aliphatic heterocycles. The summed E-state index contributed by atoms with van der Waals surface area (Å²) in [5.41, 5.74) is 0. The lowest BCUT2D eigenvalue weighted by Crippen LogP contribution is -2.20. The zero-order valence-electron chi connectivity index (χ0n) is 4.87. The van der Waals surface area contributed by atoms with Gasteiger partial charge in [0.2, 0.25) is 0 Å². The predicted octanol–water partition coefficient (Wildman–Crippen LogP) is 0.656. The van der Waals surface area contributed by atoms with Gasteiger partial charge in [0.1, 0.15) is 0 Å². The summed E-state index contributed by atoms with van der Waals surface area (Å²) >= 11 is 0. The second kappa shape index (κ2) is 2.58. The van der Waals surface area contributed by atoms with E-state index in [2.05, 4.69) is 25.7 Å². The van der Waals surface area contributed by atoms with Crippen molar-refractivity contribution in [3.05, 3.63) is 0 Å². The molecule has 0 radical (unpaired) electrons. The maximum atomic E-state index is 5.06. The van der Waals surface area contributed by atoms with Gasteiger partial charge < -0.3 is 4.74 Å². The Kier molecular flexibility index (Phi) is 2.22. The first-order valence-corrected chi connectivity index (χ1v) is 3.65. The molecule has 1 rings (SSSR count). The molecule has 1 aliphatic rings. The van der Waals surface area contributed by atoms with Crippen molar-refractivity contribution < 1.29 is 4.74 Å². The molecule has 0 N–H and O–H groups in total. The van der Waals surface area contributed by atoms with Crippen molar-refractivity contribution in [3.8, 4) is 0 Å². The molecule has 0 aromatic rings. The molecule has 0 aliphatic carbocycles. The van der Waals surface area contributed by atoms with Crippen LogP contribution in [0.2, 0.25) is 0 Å². The van der Waals surface area contributed by atoms with Crippen molar-refractivity contribution in [3.63, 3.8) is 0 Å². The molecule has 4 unspecified atom stereocenters. The Morgan fingerprint density at radius 1 is 1.75 bits per heavy atom. The summed E-state index contributed by atoms with van der Waals surface area (Å²) in [6.45, 7) is 3.07. The maximum Gasteiger partial charge on any atom is 0.0968 e. The second-order valence-corrected chi connectivity index (χ2v) is 3.85. The van der Waals surface area contributed by atoms with Gasteiger partial charge >= 0.3 is 0 Å². The Labute approximate surface area is 54.5 Å². The Morgan fingerprint density at radius 2 is 2.25 bits per heavy atom. The van der Waals surface area contributed by atoms with E-state index < -0.39 is 0 Å². The number of rotatable bonds is 2. The smallest absolute Gasteiger partial charge is 0.0968 e. The number of epoxide rings is 1. The lowest BCUT2D eigenvalue weighted by molar-refractivity contribution is 0.344. The first kappa shape index (κ1) is 6.89. The van der Waals surface area contributed by atoms with Gasteiger partial charge in [-0.05, 0) is 6.92 Å². The van der Waals surface area contributed by atoms with E-state index in [4.69, 9.17) is 4.74 Å². The molecular formula is C4H11NOP2. The maximum absolute atomic E-state index is 5.06. The minimum atomic E-state index is 0.477. The summed E-state index contributed by atoms with van der Waals surface area (Å²) in [7, 11) is 5.20. The number of nitrogens with zero attached hydrogens (tertiary/aromatic N) is 1. The Morgan fingerprint density at radius 3 is 2.38 bits per heavy atom. The third kappa shape index (κ3) is 1.63. The first-order chi connectivity index (χ1) is 3.72. The van der Waals surface area contributed by atoms with E-state index in [9.17, 15) is 0 Å². The van der Waals surface area contributed by atoms with Crippen LogP contribution < -0.4 is 0 Å². The van der Waals surface area contributed by atoms with Crippen LogP contribution in [0.1, 0.15) is 6.92 Å². The van der Waals surface area contributed by atoms with Gasteiger partial charge in [-0.2, -0.15) is 0 Å². The van der Waals surface area contributed by atoms with Gasteiger partial charge in [-0.25, -0.2) is 0 Å². The van der Waals surface area contributed by atoms with Crippen LogP contribution in [0.5, 0.6) is 0 Å². The average molecular weight is 151 g/mol. The van der Waals surface area contributed by atoms with E-state index in [1.165, 1.54) is 0 Å². The standard InChI is InChI=1S/C4H11NOP2/c1-3(5(7)8)4-2-6-4/h3-4H,2,7-8H2,1H3. The lowest BCUT2D eigenvalue weighted by atomic mass is 10.3. The number of hydrogen-bond acceptors (Lipinski definition) is 2. The fourth-order valence-corrected chi connectivity index (χ4v) is 0.910. The molecule has 1 heterocycles. The molecule has 1 fully saturated rings. The van der Waals surface area contributed by atoms with Crippen molar-refractivity contribution in [2.75, 3.05) is 6.61 Å². The molecule has 1 saturated heterocycles. The van der Waals surface area contributed by atoms with Crippen molar-refractivity contribution in [1.29, 1.82) is 0 Å². The highest BCUT2D eigenvalue weighted by molar-refractivity contribution is 7.30. The van der Waals surface area contributed by atoms with Gasteiger partial charge in [0.15, 0.2) is 0 Å². The summed E-state index contributed by atoms with van der Waals surface area (Å²) in [6.07, 6.45) is 0.477. The lowest BCUT2D eigenvalue weighted by Gasteiger charge is -2.15. The second-order valence-electron chi connectivity index (χ2n) is 2.06. The molecule has 4 atom stereocenters. The average Bonchev–Trinajstić information content (AvgIpc) is 2.43. The number of hydrogen-bond donors (Lipinski definition) is 0. The van der Waals surface area contributed by atoms with Gasteiger partial charge in [0, 0.05) is 6.04 Å². The minimum Gasteiger partial charge on any atom is -0.371 e. The molecule has 0 amide bonds. The Bertz CT molecular complexity index is 82.1. The van der Waals surface area contributed by atoms with Crippen molar-refractivity contribution >= 4 is 18.8 Å². The molecule has 0 aromatic carbocycles. The van der Waals surface area contributed by atoms with Crippen LogP contribution in [0.25, 0.3) is 0 Å². The highest BCUT2D eigenvalue weighted by Crippen LogP contribution is 2.23. The van der Waals surface area contributed by atoms with Gasteiger partial charge in [-0.1, -0.05) is 18.8 Å². The molecule has 0 aromatic heterocycles. The van der Waals surface area contributed by atoms with Crippen LogP contribution in [0.15, 0.2) is 0 Å². The van der Waals surface area contributed by atoms with Crippen LogP contribution >= 0.6 is 18.8 Å². The van der Waals surface area contributed by atoms with E-state index in [-0.39, 0.29) is 0 Å². The van der Waals surface area contributed by atoms with E-state index in [1.54, 1.807) is 0 Å². The SMILES string of the molecule is CC(C1CO1)N(P)P. The molecule has 0 bridgehead atoms. The molecule has 2 nitrogen and oxygen atoms in total. The monoisotopic (exact) mass is 151 g/mol. The van der Waals surface area contributed by atoms with Crippen LogP contribution in [0.4, 0.5) is 0 Å². The third-order valence-electron chi connectivity index (χ3n) is 1.37. The highest BCUT2D eigenvalue weighted by atomic mass is 31.1. The number of ether oxygens (including phenoxy) is 1. The van der Waals surface area contributed by atoms with Crippen LogP contribution in [-0.2, 0) is 4.74 Å². The van der Waals surface area contributed by atoms with E-state index in [0.29, 0.717) is 12.1 Å². The van der Waals surface area contributed by atoms with E-state index >= 15 is 0 Å². The Hall–Kier alpha value is 0.780. The van der Waals surface area contributed by atoms with Crippen LogP contribution in [0.3, 0.4) is 0 Å². The summed E-state index contributed by atoms with van der Waals surface area (Å²) in [4.78, 5) is 0. The van der Waals surface area contributed by atoms with E-state index in [0.717, 1.165) is 6.61 Å². The van der Waals surface area contributed by atoms with Crippen molar-refractivity contribution in [2.24, 2.45) is 0 Å². The van der Waals surface area contributed by atoms with Crippen molar-refractivity contribution in [2.45, 2.75) is 19.1 Å². The van der Waals surface area contributed by atoms with Gasteiger partial charge in [-0.15, -0.1) is 0 Å². The fourth-order valence-electron chi connectivity index (χ4n) is 0.526. The van der Waals surface area contributed by atoms with Gasteiger partial charge in [-0.3, -0.25) is 4.44 Å². The first-order valence-electron chi connectivity index (χ1n) is 2.62. The summed E-state index contributed by atoms with van der Waals surface area (Å²) < 4.78 is 7.07. The fraction of sp³-hybridized carbons (Fsp3) is 1.00. The molecular weight excluding hydrogens is 140 g/mol. The molecule has 4 heteroatoms. The van der Waals surface area contributed by atoms with Crippen LogP contribution in [0, 0.1) is 0 Å². The zero-order valence-corrected chi connectivity index (χ0v) is 7.18. The summed E-state index contributed by atoms with van der Waals surface area (Å²) in [5.74, 6) is 0. The molecule has 0 spiro atoms. The predicted molar refractivity (Wildman–Crippen MR) is 40.5 cm³/mol. The zero-order chi connectivity index (χ0) is 6.15. The minimum absolute atomic E-state index is 0.477. The highest BCUT2D eigenvalue weighted by Gasteiger charge is 2.30. The molecule has 8 heavy (non-hydrogen) atoms. The van der Waals surface area contributed by atoms with Gasteiger partial charge in [0.25, 0.3) is 0 Å². The quantitative estimate of drug-likeness (QED) is 0.425. The van der Waals surface area contributed by atoms with Gasteiger partial charge in [0.05, 0.1) is 12.7 Å². The van der Waals surface area contributed by atoms with Crippen LogP contribution in [-0.4, -0.2) is 23.2 Å². The summed E-state index contributed by atoms with van der Waals surface area (Å²) in [6, 6.07) is 0.519. The summed E-state index contributed by atoms with van der Waals surface area (Å²) in [5, 5.41) is 0. The van der Waals surface area contributed by atoms with E-state index in [1.807, 2.05) is 4.44 Å². The Balaban J connectivity index is 2.22. The largest absolute Gasteiger partial charge is 0.371 e. The normalized spacial score (nSPS) is 30.8. The molecule has 48 valence electrons. The topological polar surface area (TPSA) is 15.8 Å². The third-order valence-corrected chi connectivity index (χ3v) is 2.31.